The zero-order valence-electron chi connectivity index (χ0n) is 15.0. The number of aromatic nitrogens is 1. The van der Waals surface area contributed by atoms with E-state index in [-0.39, 0.29) is 28.5 Å². The van der Waals surface area contributed by atoms with E-state index < -0.39 is 27.2 Å². The predicted octanol–water partition coefficient (Wildman–Crippen LogP) is 3.71. The van der Waals surface area contributed by atoms with Crippen molar-refractivity contribution in [2.45, 2.75) is 36.9 Å². The van der Waals surface area contributed by atoms with Crippen molar-refractivity contribution in [3.05, 3.63) is 42.1 Å². The first kappa shape index (κ1) is 21.2. The van der Waals surface area contributed by atoms with Gasteiger partial charge in [-0.05, 0) is 37.1 Å². The fraction of sp³-hybridized carbons (Fsp3) is 0.389. The van der Waals surface area contributed by atoms with Crippen LogP contribution in [0.4, 0.5) is 13.2 Å². The van der Waals surface area contributed by atoms with Crippen molar-refractivity contribution >= 4 is 9.84 Å². The lowest BCUT2D eigenvalue weighted by Gasteiger charge is -2.22. The maximum absolute atomic E-state index is 13.1. The molecule has 148 valence electrons. The van der Waals surface area contributed by atoms with E-state index in [4.69, 9.17) is 4.74 Å². The second kappa shape index (κ2) is 7.47. The first-order valence-electron chi connectivity index (χ1n) is 8.06. The lowest BCUT2D eigenvalue weighted by Crippen LogP contribution is -2.31. The molecule has 27 heavy (non-hydrogen) atoms. The summed E-state index contributed by atoms with van der Waals surface area (Å²) >= 11 is 0. The molecule has 1 unspecified atom stereocenters. The normalized spacial score (nSPS) is 14.6. The smallest absolute Gasteiger partial charge is 0.417 e. The summed E-state index contributed by atoms with van der Waals surface area (Å²) in [4.78, 5) is 3.71. The van der Waals surface area contributed by atoms with Crippen LogP contribution in [0.15, 0.2) is 41.4 Å². The second-order valence-corrected chi connectivity index (χ2v) is 8.53. The van der Waals surface area contributed by atoms with Crippen LogP contribution in [-0.4, -0.2) is 37.0 Å². The van der Waals surface area contributed by atoms with Crippen molar-refractivity contribution in [1.82, 2.24) is 4.98 Å². The lowest BCUT2D eigenvalue weighted by atomic mass is 10.0. The van der Waals surface area contributed by atoms with Gasteiger partial charge in [-0.1, -0.05) is 19.1 Å². The Morgan fingerprint density at radius 3 is 2.44 bits per heavy atom. The fourth-order valence-electron chi connectivity index (χ4n) is 2.15. The maximum Gasteiger partial charge on any atom is 0.417 e. The van der Waals surface area contributed by atoms with Gasteiger partial charge in [0.15, 0.2) is 9.84 Å². The lowest BCUT2D eigenvalue weighted by molar-refractivity contribution is -0.137. The summed E-state index contributed by atoms with van der Waals surface area (Å²) in [5.41, 5.74) is -1.97. The SMILES string of the molecule is CCC(C)(O)COc1ncc(C(F)(F)F)cc1-c1cccc(S(C)(=O)=O)c1. The predicted molar refractivity (Wildman–Crippen MR) is 94.2 cm³/mol. The molecule has 0 aliphatic rings. The molecule has 0 amide bonds. The molecule has 0 saturated heterocycles. The highest BCUT2D eigenvalue weighted by atomic mass is 32.2. The molecule has 0 aliphatic heterocycles. The molecule has 1 aromatic heterocycles. The number of rotatable bonds is 6. The van der Waals surface area contributed by atoms with Crippen molar-refractivity contribution < 1.29 is 31.4 Å². The van der Waals surface area contributed by atoms with Gasteiger partial charge in [0.2, 0.25) is 5.88 Å². The minimum Gasteiger partial charge on any atom is -0.474 e. The molecule has 0 fully saturated rings. The molecule has 0 radical (unpaired) electrons. The molecule has 1 atom stereocenters. The topological polar surface area (TPSA) is 76.5 Å². The Morgan fingerprint density at radius 2 is 1.89 bits per heavy atom. The summed E-state index contributed by atoms with van der Waals surface area (Å²) in [6, 6.07) is 6.36. The van der Waals surface area contributed by atoms with E-state index in [1.54, 1.807) is 6.92 Å². The highest BCUT2D eigenvalue weighted by Crippen LogP contribution is 2.36. The summed E-state index contributed by atoms with van der Waals surface area (Å²) in [5.74, 6) is -0.123. The Morgan fingerprint density at radius 1 is 1.22 bits per heavy atom. The third-order valence-corrected chi connectivity index (χ3v) is 5.14. The highest BCUT2D eigenvalue weighted by molar-refractivity contribution is 7.90. The molecule has 1 heterocycles. The van der Waals surface area contributed by atoms with Crippen molar-refractivity contribution in [2.24, 2.45) is 0 Å². The standard InChI is InChI=1S/C18H20F3NO4S/c1-4-17(2,23)11-26-16-15(9-13(10-22-16)18(19,20)21)12-6-5-7-14(8-12)27(3,24)25/h5-10,23H,4,11H2,1-3H3. The van der Waals surface area contributed by atoms with Gasteiger partial charge in [0, 0.05) is 18.0 Å². The molecular weight excluding hydrogens is 383 g/mol. The van der Waals surface area contributed by atoms with E-state index in [2.05, 4.69) is 4.98 Å². The zero-order chi connectivity index (χ0) is 20.5. The van der Waals surface area contributed by atoms with E-state index in [1.807, 2.05) is 0 Å². The molecular formula is C18H20F3NO4S. The molecule has 0 bridgehead atoms. The van der Waals surface area contributed by atoms with E-state index in [1.165, 1.54) is 31.2 Å². The Balaban J connectivity index is 2.57. The van der Waals surface area contributed by atoms with Crippen molar-refractivity contribution in [3.63, 3.8) is 0 Å². The number of halogens is 3. The summed E-state index contributed by atoms with van der Waals surface area (Å²) in [5, 5.41) is 10.1. The van der Waals surface area contributed by atoms with E-state index >= 15 is 0 Å². The Bertz CT molecular complexity index is 924. The highest BCUT2D eigenvalue weighted by Gasteiger charge is 2.32. The van der Waals surface area contributed by atoms with Gasteiger partial charge in [-0.15, -0.1) is 0 Å². The minimum absolute atomic E-state index is 0.0118. The van der Waals surface area contributed by atoms with Crippen molar-refractivity contribution in [1.29, 1.82) is 0 Å². The first-order chi connectivity index (χ1) is 12.3. The van der Waals surface area contributed by atoms with Crippen LogP contribution in [0, 0.1) is 0 Å². The van der Waals surface area contributed by atoms with Gasteiger partial charge in [-0.25, -0.2) is 13.4 Å². The molecule has 2 rings (SSSR count). The molecule has 9 heteroatoms. The molecule has 1 N–H and O–H groups in total. The Kier molecular flexibility index (Phi) is 5.86. The maximum atomic E-state index is 13.1. The summed E-state index contributed by atoms with van der Waals surface area (Å²) in [6.07, 6.45) is -2.61. The first-order valence-corrected chi connectivity index (χ1v) is 9.95. The van der Waals surface area contributed by atoms with E-state index in [9.17, 15) is 26.7 Å². The van der Waals surface area contributed by atoms with Crippen molar-refractivity contribution in [3.8, 4) is 17.0 Å². The minimum atomic E-state index is -4.62. The van der Waals surface area contributed by atoms with Crippen LogP contribution in [0.25, 0.3) is 11.1 Å². The van der Waals surface area contributed by atoms with E-state index in [0.717, 1.165) is 12.3 Å². The van der Waals surface area contributed by atoms with Crippen LogP contribution in [0.1, 0.15) is 25.8 Å². The van der Waals surface area contributed by atoms with Gasteiger partial charge in [-0.2, -0.15) is 13.2 Å². The molecule has 0 aliphatic carbocycles. The Labute approximate surface area is 155 Å². The van der Waals surface area contributed by atoms with Gasteiger partial charge < -0.3 is 9.84 Å². The summed E-state index contributed by atoms with van der Waals surface area (Å²) < 4.78 is 68.3. The second-order valence-electron chi connectivity index (χ2n) is 6.51. The number of nitrogens with zero attached hydrogens (tertiary/aromatic N) is 1. The molecule has 0 spiro atoms. The number of aliphatic hydroxyl groups is 1. The number of benzene rings is 1. The van der Waals surface area contributed by atoms with E-state index in [0.29, 0.717) is 12.6 Å². The van der Waals surface area contributed by atoms with Crippen LogP contribution in [0.3, 0.4) is 0 Å². The third-order valence-electron chi connectivity index (χ3n) is 4.03. The fourth-order valence-corrected chi connectivity index (χ4v) is 2.82. The van der Waals surface area contributed by atoms with Gasteiger partial charge in [0.25, 0.3) is 0 Å². The largest absolute Gasteiger partial charge is 0.474 e. The summed E-state index contributed by atoms with van der Waals surface area (Å²) in [7, 11) is -3.55. The number of hydrogen-bond acceptors (Lipinski definition) is 5. The number of alkyl halides is 3. The van der Waals surface area contributed by atoms with Gasteiger partial charge in [0.05, 0.1) is 16.1 Å². The average molecular weight is 403 g/mol. The van der Waals surface area contributed by atoms with Crippen LogP contribution in [0.2, 0.25) is 0 Å². The molecule has 1 aromatic carbocycles. The van der Waals surface area contributed by atoms with Crippen LogP contribution in [-0.2, 0) is 16.0 Å². The quantitative estimate of drug-likeness (QED) is 0.796. The third kappa shape index (κ3) is 5.43. The van der Waals surface area contributed by atoms with Gasteiger partial charge in [0.1, 0.15) is 6.61 Å². The summed E-state index contributed by atoms with van der Waals surface area (Å²) in [6.45, 7) is 3.09. The monoisotopic (exact) mass is 403 g/mol. The molecule has 5 nitrogen and oxygen atoms in total. The van der Waals surface area contributed by atoms with Gasteiger partial charge >= 0.3 is 6.18 Å². The number of hydrogen-bond donors (Lipinski definition) is 1. The number of sulfone groups is 1. The average Bonchev–Trinajstić information content (AvgIpc) is 2.58. The number of pyridine rings is 1. The molecule has 2 aromatic rings. The number of ether oxygens (including phenoxy) is 1. The van der Waals surface area contributed by atoms with Crippen molar-refractivity contribution in [2.75, 3.05) is 12.9 Å². The van der Waals surface area contributed by atoms with Crippen LogP contribution < -0.4 is 4.74 Å². The van der Waals surface area contributed by atoms with Gasteiger partial charge in [-0.3, -0.25) is 0 Å². The van der Waals surface area contributed by atoms with Crippen LogP contribution >= 0.6 is 0 Å². The molecule has 0 saturated carbocycles. The zero-order valence-corrected chi connectivity index (χ0v) is 15.9. The Hall–Kier alpha value is -2.13. The van der Waals surface area contributed by atoms with Crippen LogP contribution in [0.5, 0.6) is 5.88 Å².